The number of nitrogens with one attached hydrogen (secondary N) is 1. The van der Waals surface area contributed by atoms with Gasteiger partial charge in [-0.25, -0.2) is 0 Å². The molecule has 1 aromatic rings. The number of amides is 1. The minimum atomic E-state index is -0.00273. The Morgan fingerprint density at radius 3 is 2.44 bits per heavy atom. The lowest BCUT2D eigenvalue weighted by atomic mass is 10.1. The molecule has 0 heterocycles. The molecule has 0 aliphatic rings. The first-order valence-electron chi connectivity index (χ1n) is 5.19. The van der Waals surface area contributed by atoms with Gasteiger partial charge in [0.2, 0.25) is 0 Å². The summed E-state index contributed by atoms with van der Waals surface area (Å²) in [6.45, 7) is 4.09. The molecule has 0 radical (unpaired) electrons. The summed E-state index contributed by atoms with van der Waals surface area (Å²) in [4.78, 5) is 12.2. The number of benzene rings is 1. The van der Waals surface area contributed by atoms with Crippen molar-refractivity contribution in [2.24, 2.45) is 0 Å². The third kappa shape index (κ3) is 4.82. The van der Waals surface area contributed by atoms with E-state index in [4.69, 9.17) is 0 Å². The lowest BCUT2D eigenvalue weighted by molar-refractivity contribution is 0.0938. The summed E-state index contributed by atoms with van der Waals surface area (Å²) in [5, 5.41) is 2.98. The summed E-state index contributed by atoms with van der Waals surface area (Å²) in [7, 11) is 0. The van der Waals surface area contributed by atoms with Gasteiger partial charge >= 0.3 is 0 Å². The standard InChI is InChI=1S/C12H15BrINO/c1-8(13)7-9(2)15-12(16)10-3-5-11(14)6-4-10/h3-6,8-9H,7H2,1-2H3,(H,15,16). The monoisotopic (exact) mass is 395 g/mol. The molecule has 1 N–H and O–H groups in total. The number of hydrogen-bond acceptors (Lipinski definition) is 1. The molecule has 0 bridgehead atoms. The van der Waals surface area contributed by atoms with Crippen LogP contribution in [0, 0.1) is 3.57 Å². The van der Waals surface area contributed by atoms with Crippen LogP contribution in [-0.2, 0) is 0 Å². The zero-order valence-corrected chi connectivity index (χ0v) is 13.1. The van der Waals surface area contributed by atoms with E-state index >= 15 is 0 Å². The van der Waals surface area contributed by atoms with Crippen LogP contribution in [0.5, 0.6) is 0 Å². The highest BCUT2D eigenvalue weighted by Crippen LogP contribution is 2.09. The van der Waals surface area contributed by atoms with Crippen LogP contribution in [0.4, 0.5) is 0 Å². The van der Waals surface area contributed by atoms with Gasteiger partial charge in [0.05, 0.1) is 0 Å². The maximum atomic E-state index is 11.8. The van der Waals surface area contributed by atoms with Crippen LogP contribution in [0.25, 0.3) is 0 Å². The van der Waals surface area contributed by atoms with Gasteiger partial charge in [0.25, 0.3) is 5.91 Å². The molecule has 2 atom stereocenters. The highest BCUT2D eigenvalue weighted by Gasteiger charge is 2.11. The van der Waals surface area contributed by atoms with E-state index in [0.29, 0.717) is 4.83 Å². The maximum Gasteiger partial charge on any atom is 0.251 e. The molecule has 4 heteroatoms. The quantitative estimate of drug-likeness (QED) is 0.612. The molecule has 88 valence electrons. The van der Waals surface area contributed by atoms with Gasteiger partial charge in [-0.05, 0) is 60.2 Å². The Morgan fingerprint density at radius 2 is 1.94 bits per heavy atom. The van der Waals surface area contributed by atoms with E-state index in [1.807, 2.05) is 31.2 Å². The lowest BCUT2D eigenvalue weighted by Gasteiger charge is -2.15. The number of hydrogen-bond donors (Lipinski definition) is 1. The normalized spacial score (nSPS) is 14.2. The Morgan fingerprint density at radius 1 is 1.38 bits per heavy atom. The van der Waals surface area contributed by atoms with E-state index in [9.17, 15) is 4.79 Å². The first-order chi connectivity index (χ1) is 7.49. The largest absolute Gasteiger partial charge is 0.350 e. The van der Waals surface area contributed by atoms with Gasteiger partial charge in [-0.1, -0.05) is 22.9 Å². The molecule has 2 nitrogen and oxygen atoms in total. The summed E-state index contributed by atoms with van der Waals surface area (Å²) in [5.74, 6) is -0.00273. The van der Waals surface area contributed by atoms with Gasteiger partial charge in [0, 0.05) is 20.0 Å². The van der Waals surface area contributed by atoms with E-state index in [-0.39, 0.29) is 11.9 Å². The molecule has 1 amide bonds. The van der Waals surface area contributed by atoms with Gasteiger partial charge in [0.1, 0.15) is 0 Å². The van der Waals surface area contributed by atoms with Crippen molar-refractivity contribution in [2.45, 2.75) is 31.1 Å². The van der Waals surface area contributed by atoms with Gasteiger partial charge in [0.15, 0.2) is 0 Å². The molecule has 0 saturated carbocycles. The number of carbonyl (C=O) groups is 1. The third-order valence-corrected chi connectivity index (χ3v) is 3.26. The zero-order chi connectivity index (χ0) is 12.1. The summed E-state index contributed by atoms with van der Waals surface area (Å²) >= 11 is 5.70. The average Bonchev–Trinajstić information content (AvgIpc) is 2.16. The number of rotatable bonds is 4. The van der Waals surface area contributed by atoms with Crippen molar-refractivity contribution in [1.29, 1.82) is 0 Å². The fourth-order valence-electron chi connectivity index (χ4n) is 1.45. The molecule has 1 rings (SSSR count). The zero-order valence-electron chi connectivity index (χ0n) is 9.34. The molecule has 0 aliphatic heterocycles. The minimum absolute atomic E-state index is 0.00273. The van der Waals surface area contributed by atoms with Crippen LogP contribution in [0.2, 0.25) is 0 Å². The molecule has 0 aromatic heterocycles. The second-order valence-corrected chi connectivity index (χ2v) is 6.71. The van der Waals surface area contributed by atoms with E-state index < -0.39 is 0 Å². The third-order valence-electron chi connectivity index (χ3n) is 2.16. The highest BCUT2D eigenvalue weighted by molar-refractivity contribution is 14.1. The summed E-state index contributed by atoms with van der Waals surface area (Å²) in [6.07, 6.45) is 0.927. The fraction of sp³-hybridized carbons (Fsp3) is 0.417. The first-order valence-corrected chi connectivity index (χ1v) is 7.19. The van der Waals surface area contributed by atoms with E-state index in [1.54, 1.807) is 0 Å². The lowest BCUT2D eigenvalue weighted by Crippen LogP contribution is -2.33. The van der Waals surface area contributed by atoms with Crippen LogP contribution < -0.4 is 5.32 Å². The van der Waals surface area contributed by atoms with Crippen molar-refractivity contribution in [3.8, 4) is 0 Å². The fourth-order valence-corrected chi connectivity index (χ4v) is 2.37. The minimum Gasteiger partial charge on any atom is -0.350 e. The van der Waals surface area contributed by atoms with Crippen molar-refractivity contribution in [3.05, 3.63) is 33.4 Å². The second-order valence-electron chi connectivity index (χ2n) is 3.90. The van der Waals surface area contributed by atoms with E-state index in [2.05, 4.69) is 50.8 Å². The topological polar surface area (TPSA) is 29.1 Å². The van der Waals surface area contributed by atoms with Crippen LogP contribution in [-0.4, -0.2) is 16.8 Å². The number of carbonyl (C=O) groups excluding carboxylic acids is 1. The number of alkyl halides is 1. The predicted octanol–water partition coefficient (Wildman–Crippen LogP) is 3.58. The van der Waals surface area contributed by atoms with E-state index in [1.165, 1.54) is 0 Å². The molecule has 2 unspecified atom stereocenters. The summed E-state index contributed by atoms with van der Waals surface area (Å²) in [6, 6.07) is 7.75. The average molecular weight is 396 g/mol. The van der Waals surface area contributed by atoms with Crippen LogP contribution in [0.15, 0.2) is 24.3 Å². The molecule has 1 aromatic carbocycles. The van der Waals surface area contributed by atoms with Crippen molar-refractivity contribution < 1.29 is 4.79 Å². The van der Waals surface area contributed by atoms with Gasteiger partial charge in [-0.2, -0.15) is 0 Å². The molecule has 0 fully saturated rings. The predicted molar refractivity (Wildman–Crippen MR) is 79.1 cm³/mol. The molecule has 16 heavy (non-hydrogen) atoms. The first kappa shape index (κ1) is 14.0. The summed E-state index contributed by atoms with van der Waals surface area (Å²) < 4.78 is 1.14. The van der Waals surface area contributed by atoms with Gasteiger partial charge in [-0.3, -0.25) is 4.79 Å². The molecular weight excluding hydrogens is 381 g/mol. The van der Waals surface area contributed by atoms with Gasteiger partial charge in [-0.15, -0.1) is 0 Å². The SMILES string of the molecule is CC(Br)CC(C)NC(=O)c1ccc(I)cc1. The van der Waals surface area contributed by atoms with Crippen LogP contribution >= 0.6 is 38.5 Å². The van der Waals surface area contributed by atoms with Crippen molar-refractivity contribution in [2.75, 3.05) is 0 Å². The Kier molecular flexibility index (Phi) is 5.75. The summed E-state index contributed by atoms with van der Waals surface area (Å²) in [5.41, 5.74) is 0.717. The van der Waals surface area contributed by atoms with Gasteiger partial charge < -0.3 is 5.32 Å². The number of halogens is 2. The maximum absolute atomic E-state index is 11.8. The molecular formula is C12H15BrINO. The smallest absolute Gasteiger partial charge is 0.251 e. The molecule has 0 saturated heterocycles. The molecule has 0 aliphatic carbocycles. The Hall–Kier alpha value is -0.100. The highest BCUT2D eigenvalue weighted by atomic mass is 127. The van der Waals surface area contributed by atoms with Crippen LogP contribution in [0.3, 0.4) is 0 Å². The Bertz CT molecular complexity index is 351. The van der Waals surface area contributed by atoms with Crippen molar-refractivity contribution in [1.82, 2.24) is 5.32 Å². The molecule has 0 spiro atoms. The Balaban J connectivity index is 2.55. The second kappa shape index (κ2) is 6.59. The Labute approximate surface area is 118 Å². The van der Waals surface area contributed by atoms with Crippen LogP contribution in [0.1, 0.15) is 30.6 Å². The van der Waals surface area contributed by atoms with Crippen molar-refractivity contribution in [3.63, 3.8) is 0 Å². The van der Waals surface area contributed by atoms with E-state index in [0.717, 1.165) is 15.6 Å². The van der Waals surface area contributed by atoms with Crippen molar-refractivity contribution >= 4 is 44.4 Å².